The van der Waals surface area contributed by atoms with Crippen molar-refractivity contribution >= 4 is 27.6 Å². The summed E-state index contributed by atoms with van der Waals surface area (Å²) in [6.07, 6.45) is 5.59. The molecule has 0 bridgehead atoms. The van der Waals surface area contributed by atoms with Crippen LogP contribution in [0.4, 0.5) is 0 Å². The van der Waals surface area contributed by atoms with Gasteiger partial charge in [0.15, 0.2) is 0 Å². The van der Waals surface area contributed by atoms with E-state index in [1.807, 2.05) is 4.90 Å². The summed E-state index contributed by atoms with van der Waals surface area (Å²) in [5.74, 6) is 1.73. The van der Waals surface area contributed by atoms with E-state index in [0.29, 0.717) is 17.6 Å². The molecule has 1 saturated heterocycles. The lowest BCUT2D eigenvalue weighted by Crippen LogP contribution is -2.34. The molecule has 1 aliphatic rings. The Labute approximate surface area is 131 Å². The van der Waals surface area contributed by atoms with Gasteiger partial charge < -0.3 is 4.90 Å². The van der Waals surface area contributed by atoms with Gasteiger partial charge in [-0.25, -0.2) is 9.50 Å². The summed E-state index contributed by atoms with van der Waals surface area (Å²) in [6.45, 7) is 5.99. The molecule has 3 heterocycles. The SMILES string of the molecule is C[C@@H]1CCN(C(=O)c2nc3ncc(Br)cn3n2)C[C@@H](C)C1. The quantitative estimate of drug-likeness (QED) is 0.791. The van der Waals surface area contributed by atoms with Gasteiger partial charge in [0, 0.05) is 25.5 Å². The maximum absolute atomic E-state index is 12.6. The van der Waals surface area contributed by atoms with Gasteiger partial charge in [-0.05, 0) is 40.6 Å². The molecular weight excluding hydrogens is 334 g/mol. The number of carbonyl (C=O) groups excluding carboxylic acids is 1. The minimum absolute atomic E-state index is 0.0995. The number of rotatable bonds is 1. The summed E-state index contributed by atoms with van der Waals surface area (Å²) in [4.78, 5) is 22.9. The highest BCUT2D eigenvalue weighted by Crippen LogP contribution is 2.22. The first kappa shape index (κ1) is 14.4. The highest BCUT2D eigenvalue weighted by molar-refractivity contribution is 9.10. The summed E-state index contributed by atoms with van der Waals surface area (Å²) in [5, 5.41) is 4.25. The molecule has 1 fully saturated rings. The van der Waals surface area contributed by atoms with Gasteiger partial charge in [-0.3, -0.25) is 4.79 Å². The van der Waals surface area contributed by atoms with Crippen molar-refractivity contribution in [1.29, 1.82) is 0 Å². The minimum atomic E-state index is -0.0995. The minimum Gasteiger partial charge on any atom is -0.336 e. The van der Waals surface area contributed by atoms with E-state index in [0.717, 1.165) is 30.4 Å². The molecule has 6 nitrogen and oxygen atoms in total. The van der Waals surface area contributed by atoms with Gasteiger partial charge in [0.25, 0.3) is 11.7 Å². The van der Waals surface area contributed by atoms with Crippen LogP contribution in [0.25, 0.3) is 5.78 Å². The summed E-state index contributed by atoms with van der Waals surface area (Å²) >= 11 is 3.33. The Morgan fingerprint density at radius 2 is 2.19 bits per heavy atom. The molecule has 0 N–H and O–H groups in total. The van der Waals surface area contributed by atoms with Gasteiger partial charge in [-0.15, -0.1) is 5.10 Å². The summed E-state index contributed by atoms with van der Waals surface area (Å²) in [5.41, 5.74) is 0. The van der Waals surface area contributed by atoms with Crippen molar-refractivity contribution in [2.24, 2.45) is 11.8 Å². The third-order valence-corrected chi connectivity index (χ3v) is 4.28. The molecule has 0 unspecified atom stereocenters. The first-order valence-electron chi connectivity index (χ1n) is 7.20. The van der Waals surface area contributed by atoms with E-state index in [-0.39, 0.29) is 11.7 Å². The van der Waals surface area contributed by atoms with Crippen LogP contribution in [0.3, 0.4) is 0 Å². The monoisotopic (exact) mass is 351 g/mol. The predicted octanol–water partition coefficient (Wildman–Crippen LogP) is 2.40. The Bertz CT molecular complexity index is 670. The number of amides is 1. The number of hydrogen-bond donors (Lipinski definition) is 0. The topological polar surface area (TPSA) is 63.4 Å². The molecule has 0 radical (unpaired) electrons. The number of aromatic nitrogens is 4. The molecule has 3 rings (SSSR count). The van der Waals surface area contributed by atoms with Crippen molar-refractivity contribution in [1.82, 2.24) is 24.5 Å². The normalized spacial score (nSPS) is 23.3. The molecule has 21 heavy (non-hydrogen) atoms. The smallest absolute Gasteiger partial charge is 0.293 e. The van der Waals surface area contributed by atoms with E-state index >= 15 is 0 Å². The molecule has 0 aliphatic carbocycles. The van der Waals surface area contributed by atoms with Gasteiger partial charge in [0.05, 0.1) is 4.47 Å². The van der Waals surface area contributed by atoms with E-state index in [1.165, 1.54) is 4.52 Å². The average molecular weight is 352 g/mol. The molecular formula is C14H18BrN5O. The lowest BCUT2D eigenvalue weighted by molar-refractivity contribution is 0.0732. The summed E-state index contributed by atoms with van der Waals surface area (Å²) in [7, 11) is 0. The maximum Gasteiger partial charge on any atom is 0.293 e. The molecule has 1 amide bonds. The Hall–Kier alpha value is -1.50. The third kappa shape index (κ3) is 3.07. The number of likely N-dealkylation sites (tertiary alicyclic amines) is 1. The fourth-order valence-corrected chi connectivity index (χ4v) is 3.20. The van der Waals surface area contributed by atoms with Gasteiger partial charge in [-0.2, -0.15) is 4.98 Å². The van der Waals surface area contributed by atoms with Gasteiger partial charge >= 0.3 is 0 Å². The fourth-order valence-electron chi connectivity index (χ4n) is 2.90. The predicted molar refractivity (Wildman–Crippen MR) is 81.9 cm³/mol. The lowest BCUT2D eigenvalue weighted by Gasteiger charge is -2.20. The number of halogens is 1. The zero-order valence-electron chi connectivity index (χ0n) is 12.2. The second-order valence-corrected chi connectivity index (χ2v) is 6.85. The lowest BCUT2D eigenvalue weighted by atomic mass is 9.97. The van der Waals surface area contributed by atoms with Crippen molar-refractivity contribution in [2.75, 3.05) is 13.1 Å². The highest BCUT2D eigenvalue weighted by atomic mass is 79.9. The first-order valence-corrected chi connectivity index (χ1v) is 7.99. The van der Waals surface area contributed by atoms with Crippen molar-refractivity contribution in [2.45, 2.75) is 26.7 Å². The van der Waals surface area contributed by atoms with Crippen molar-refractivity contribution in [3.63, 3.8) is 0 Å². The Balaban J connectivity index is 1.85. The number of nitrogens with zero attached hydrogens (tertiary/aromatic N) is 5. The molecule has 7 heteroatoms. The Kier molecular flexibility index (Phi) is 3.93. The van der Waals surface area contributed by atoms with Crippen molar-refractivity contribution in [3.8, 4) is 0 Å². The third-order valence-electron chi connectivity index (χ3n) is 3.87. The van der Waals surface area contributed by atoms with Crippen LogP contribution in [-0.4, -0.2) is 43.5 Å². The van der Waals surface area contributed by atoms with Crippen LogP contribution in [0.2, 0.25) is 0 Å². The fraction of sp³-hybridized carbons (Fsp3) is 0.571. The van der Waals surface area contributed by atoms with Crippen molar-refractivity contribution < 1.29 is 4.79 Å². The molecule has 0 aromatic carbocycles. The molecule has 0 spiro atoms. The Morgan fingerprint density at radius 1 is 1.38 bits per heavy atom. The molecule has 112 valence electrons. The number of carbonyl (C=O) groups is 1. The molecule has 2 atom stereocenters. The first-order chi connectivity index (χ1) is 10.0. The van der Waals surface area contributed by atoms with Crippen LogP contribution in [0.5, 0.6) is 0 Å². The van der Waals surface area contributed by atoms with Gasteiger partial charge in [-0.1, -0.05) is 13.8 Å². The zero-order valence-corrected chi connectivity index (χ0v) is 13.7. The van der Waals surface area contributed by atoms with Crippen LogP contribution in [-0.2, 0) is 0 Å². The summed E-state index contributed by atoms with van der Waals surface area (Å²) in [6, 6.07) is 0. The summed E-state index contributed by atoms with van der Waals surface area (Å²) < 4.78 is 2.33. The van der Waals surface area contributed by atoms with Gasteiger partial charge in [0.2, 0.25) is 5.82 Å². The van der Waals surface area contributed by atoms with E-state index in [9.17, 15) is 4.79 Å². The standard InChI is InChI=1S/C14H18BrN5O/c1-9-3-4-19(7-10(2)5-9)13(21)12-17-14-16-6-11(15)8-20(14)18-12/h6,8-10H,3-5,7H2,1-2H3/t9-,10+/m1/s1. The van der Waals surface area contributed by atoms with Gasteiger partial charge in [0.1, 0.15) is 0 Å². The Morgan fingerprint density at radius 3 is 3.00 bits per heavy atom. The second-order valence-electron chi connectivity index (χ2n) is 5.94. The van der Waals surface area contributed by atoms with Crippen LogP contribution in [0.1, 0.15) is 37.3 Å². The van der Waals surface area contributed by atoms with Crippen LogP contribution in [0, 0.1) is 11.8 Å². The molecule has 2 aromatic rings. The van der Waals surface area contributed by atoms with E-state index in [4.69, 9.17) is 0 Å². The molecule has 2 aromatic heterocycles. The van der Waals surface area contributed by atoms with Crippen LogP contribution < -0.4 is 0 Å². The van der Waals surface area contributed by atoms with Crippen molar-refractivity contribution in [3.05, 3.63) is 22.7 Å². The molecule has 0 saturated carbocycles. The van der Waals surface area contributed by atoms with E-state index in [1.54, 1.807) is 12.4 Å². The van der Waals surface area contributed by atoms with Crippen LogP contribution in [0.15, 0.2) is 16.9 Å². The second kappa shape index (κ2) is 5.71. The zero-order chi connectivity index (χ0) is 15.0. The van der Waals surface area contributed by atoms with Crippen LogP contribution >= 0.6 is 15.9 Å². The largest absolute Gasteiger partial charge is 0.336 e. The maximum atomic E-state index is 12.6. The van der Waals surface area contributed by atoms with E-state index in [2.05, 4.69) is 44.8 Å². The average Bonchev–Trinajstić information content (AvgIpc) is 2.77. The number of fused-ring (bicyclic) bond motifs is 1. The molecule has 1 aliphatic heterocycles. The number of hydrogen-bond acceptors (Lipinski definition) is 4. The highest BCUT2D eigenvalue weighted by Gasteiger charge is 2.26. The van der Waals surface area contributed by atoms with E-state index < -0.39 is 0 Å².